The highest BCUT2D eigenvalue weighted by atomic mass is 16.5. The minimum Gasteiger partial charge on any atom is -0.481 e. The van der Waals surface area contributed by atoms with Crippen LogP contribution in [0.4, 0.5) is 5.69 Å². The largest absolute Gasteiger partial charge is 0.481 e. The van der Waals surface area contributed by atoms with Crippen molar-refractivity contribution in [3.63, 3.8) is 0 Å². The van der Waals surface area contributed by atoms with Crippen LogP contribution in [0.2, 0.25) is 0 Å². The summed E-state index contributed by atoms with van der Waals surface area (Å²) in [5.74, 6) is -0.392. The number of anilines is 1. The smallest absolute Gasteiger partial charge is 0.379 e. The number of benzene rings is 6. The van der Waals surface area contributed by atoms with Gasteiger partial charge in [0.05, 0.1) is 17.5 Å². The lowest BCUT2D eigenvalue weighted by atomic mass is 9.99. The molecule has 0 radical (unpaired) electrons. The monoisotopic (exact) mass is 595 g/mol. The molecule has 1 aliphatic heterocycles. The molecule has 1 aromatic heterocycles. The lowest BCUT2D eigenvalue weighted by Crippen LogP contribution is -2.37. The van der Waals surface area contributed by atoms with Crippen molar-refractivity contribution in [2.75, 3.05) is 11.4 Å². The van der Waals surface area contributed by atoms with Gasteiger partial charge in [-0.2, -0.15) is 4.57 Å². The zero-order chi connectivity index (χ0) is 30.7. The molecule has 0 unspecified atom stereocenters. The van der Waals surface area contributed by atoms with Crippen molar-refractivity contribution in [2.24, 2.45) is 0 Å². The Hall–Kier alpha value is -5.89. The van der Waals surface area contributed by atoms with Crippen molar-refractivity contribution in [3.8, 4) is 5.75 Å². The highest BCUT2D eigenvalue weighted by molar-refractivity contribution is 6.22. The topological polar surface area (TPSA) is 104 Å². The Bertz CT molecular complexity index is 2390. The molecule has 2 N–H and O–H groups in total. The van der Waals surface area contributed by atoms with Crippen LogP contribution in [0.25, 0.3) is 60.3 Å². The number of ether oxygens (including phenoxy) is 1. The van der Waals surface area contributed by atoms with Crippen molar-refractivity contribution in [3.05, 3.63) is 109 Å². The minimum absolute atomic E-state index is 0.115. The van der Waals surface area contributed by atoms with Gasteiger partial charge in [-0.1, -0.05) is 91.0 Å². The molecule has 0 spiro atoms. The van der Waals surface area contributed by atoms with Crippen LogP contribution in [0.1, 0.15) is 18.7 Å². The highest BCUT2D eigenvalue weighted by Crippen LogP contribution is 2.50. The number of fused-ring (bicyclic) bond motifs is 12. The van der Waals surface area contributed by atoms with Gasteiger partial charge in [0, 0.05) is 22.7 Å². The third-order valence-electron chi connectivity index (χ3n) is 8.55. The van der Waals surface area contributed by atoms with Crippen LogP contribution >= 0.6 is 0 Å². The summed E-state index contributed by atoms with van der Waals surface area (Å²) in [5.41, 5.74) is 2.23. The summed E-state index contributed by atoms with van der Waals surface area (Å²) in [7, 11) is 0. The number of hydrogen-bond donors (Lipinski definition) is 2. The molecule has 220 valence electrons. The molecule has 45 heavy (non-hydrogen) atoms. The van der Waals surface area contributed by atoms with Crippen molar-refractivity contribution >= 4 is 77.9 Å². The van der Waals surface area contributed by atoms with Gasteiger partial charge >= 0.3 is 17.8 Å². The number of aliphatic carboxylic acids is 2. The summed E-state index contributed by atoms with van der Waals surface area (Å²) >= 11 is 0. The van der Waals surface area contributed by atoms with Gasteiger partial charge in [0.1, 0.15) is 12.5 Å². The van der Waals surface area contributed by atoms with Gasteiger partial charge in [-0.3, -0.25) is 9.59 Å². The zero-order valence-electron chi connectivity index (χ0n) is 24.1. The molecule has 0 amide bonds. The number of carboxylic acids is 2. The summed E-state index contributed by atoms with van der Waals surface area (Å²) in [5, 5.41) is 27.2. The van der Waals surface area contributed by atoms with Crippen LogP contribution in [0.3, 0.4) is 0 Å². The zero-order valence-corrected chi connectivity index (χ0v) is 24.1. The van der Waals surface area contributed by atoms with Gasteiger partial charge < -0.3 is 24.3 Å². The van der Waals surface area contributed by atoms with E-state index in [0.717, 1.165) is 54.3 Å². The second-order valence-electron chi connectivity index (χ2n) is 11.2. The molecule has 8 rings (SSSR count). The lowest BCUT2D eigenvalue weighted by molar-refractivity contribution is -0.676. The van der Waals surface area contributed by atoms with Crippen molar-refractivity contribution in [1.82, 2.24) is 0 Å². The van der Waals surface area contributed by atoms with Crippen molar-refractivity contribution in [1.29, 1.82) is 0 Å². The fourth-order valence-electron chi connectivity index (χ4n) is 6.64. The van der Waals surface area contributed by atoms with Crippen LogP contribution in [0, 0.1) is 0 Å². The molecule has 1 aliphatic rings. The summed E-state index contributed by atoms with van der Waals surface area (Å²) in [6.45, 7) is 0.329. The number of aromatic nitrogens is 1. The lowest BCUT2D eigenvalue weighted by Gasteiger charge is -2.18. The number of nitrogens with zero attached hydrogens (tertiary/aromatic N) is 2. The predicted octanol–water partition coefficient (Wildman–Crippen LogP) is 7.48. The van der Waals surface area contributed by atoms with E-state index in [4.69, 9.17) is 9.15 Å². The van der Waals surface area contributed by atoms with Gasteiger partial charge in [-0.05, 0) is 27.6 Å². The fourth-order valence-corrected chi connectivity index (χ4v) is 6.64. The first-order valence-corrected chi connectivity index (χ1v) is 14.8. The molecule has 8 heteroatoms. The first-order chi connectivity index (χ1) is 22.0. The highest BCUT2D eigenvalue weighted by Gasteiger charge is 2.34. The van der Waals surface area contributed by atoms with E-state index in [1.165, 1.54) is 0 Å². The number of rotatable bonds is 7. The molecule has 0 aliphatic carbocycles. The summed E-state index contributed by atoms with van der Waals surface area (Å²) in [4.78, 5) is 25.5. The quantitative estimate of drug-likeness (QED) is 0.145. The number of oxazole rings is 1. The maximum atomic E-state index is 11.8. The van der Waals surface area contributed by atoms with E-state index in [9.17, 15) is 19.8 Å². The summed E-state index contributed by atoms with van der Waals surface area (Å²) in [6, 6.07) is 32.1. The number of carbonyl (C=O) groups is 2. The minimum atomic E-state index is -0.925. The van der Waals surface area contributed by atoms with E-state index in [0.29, 0.717) is 23.1 Å². The number of aryl methyl sites for hydroxylation is 1. The Labute approximate surface area is 256 Å². The second-order valence-corrected chi connectivity index (χ2v) is 11.2. The molecule has 0 bridgehead atoms. The molecular weight excluding hydrogens is 568 g/mol. The van der Waals surface area contributed by atoms with Gasteiger partial charge in [0.15, 0.2) is 12.3 Å². The van der Waals surface area contributed by atoms with E-state index in [2.05, 4.69) is 24.3 Å². The molecule has 7 aromatic rings. The SMILES string of the molecule is O=C(O)CCN1C(=Cc2oc3c4ccccc4c4ccccc4c3[n+]2CCC(=O)O)Oc2c1c1ccccc1c1ccccc21. The van der Waals surface area contributed by atoms with Crippen LogP contribution in [0.5, 0.6) is 5.75 Å². The second kappa shape index (κ2) is 10.4. The maximum Gasteiger partial charge on any atom is 0.379 e. The molecule has 0 saturated heterocycles. The molecular formula is C37H27N2O6+. The Morgan fingerprint density at radius 3 is 1.82 bits per heavy atom. The van der Waals surface area contributed by atoms with E-state index >= 15 is 0 Å². The molecule has 6 aromatic carbocycles. The van der Waals surface area contributed by atoms with Crippen LogP contribution in [0.15, 0.2) is 107 Å². The van der Waals surface area contributed by atoms with Crippen LogP contribution in [-0.2, 0) is 16.1 Å². The fraction of sp³-hybridized carbons (Fsp3) is 0.108. The molecule has 0 saturated carbocycles. The first-order valence-electron chi connectivity index (χ1n) is 14.8. The number of carboxylic acid groups (broad SMARTS) is 2. The summed E-state index contributed by atoms with van der Waals surface area (Å²) in [6.07, 6.45) is 1.53. The molecule has 0 fully saturated rings. The summed E-state index contributed by atoms with van der Waals surface area (Å²) < 4.78 is 15.2. The van der Waals surface area contributed by atoms with E-state index in [1.54, 1.807) is 6.08 Å². The maximum absolute atomic E-state index is 11.8. The predicted molar refractivity (Wildman–Crippen MR) is 173 cm³/mol. The van der Waals surface area contributed by atoms with Crippen LogP contribution in [-0.4, -0.2) is 28.7 Å². The molecule has 8 nitrogen and oxygen atoms in total. The average Bonchev–Trinajstić information content (AvgIpc) is 3.61. The van der Waals surface area contributed by atoms with Gasteiger partial charge in [0.25, 0.3) is 5.52 Å². The Balaban J connectivity index is 1.41. The van der Waals surface area contributed by atoms with Gasteiger partial charge in [-0.25, -0.2) is 0 Å². The Morgan fingerprint density at radius 2 is 1.18 bits per heavy atom. The Morgan fingerprint density at radius 1 is 0.667 bits per heavy atom. The number of hydrogen-bond acceptors (Lipinski definition) is 5. The van der Waals surface area contributed by atoms with Crippen molar-refractivity contribution in [2.45, 2.75) is 19.4 Å². The standard InChI is InChI=1S/C37H26N2O6/c40-32(41)17-19-38-30(44-36-28-15-7-3-11-24(28)22-9-1-5-13-26(22)34(36)38)21-31-39(20-18-33(42)43)35-27-14-6-2-10-23(27)25-12-4-8-16-29(25)37(35)45-31/h1-16,21H,17-20H2,(H-,40,41,42,43)/p+1. The van der Waals surface area contributed by atoms with Crippen LogP contribution < -0.4 is 14.2 Å². The third-order valence-corrected chi connectivity index (χ3v) is 8.55. The van der Waals surface area contributed by atoms with Gasteiger partial charge in [-0.15, -0.1) is 0 Å². The normalized spacial score (nSPS) is 13.8. The molecule has 2 heterocycles. The van der Waals surface area contributed by atoms with E-state index < -0.39 is 11.9 Å². The van der Waals surface area contributed by atoms with Gasteiger partial charge in [0.2, 0.25) is 11.5 Å². The first kappa shape index (κ1) is 26.7. The van der Waals surface area contributed by atoms with Crippen molar-refractivity contribution < 1.29 is 33.5 Å². The Kier molecular flexibility index (Phi) is 6.16. The van der Waals surface area contributed by atoms with E-state index in [-0.39, 0.29) is 25.9 Å². The average molecular weight is 596 g/mol. The molecule has 0 atom stereocenters. The van der Waals surface area contributed by atoms with E-state index in [1.807, 2.05) is 82.3 Å². The third kappa shape index (κ3) is 4.25.